The van der Waals surface area contributed by atoms with Gasteiger partial charge < -0.3 is 4.90 Å². The van der Waals surface area contributed by atoms with Crippen LogP contribution in [0.2, 0.25) is 0 Å². The molecule has 18 heavy (non-hydrogen) atoms. The molecule has 0 radical (unpaired) electrons. The summed E-state index contributed by atoms with van der Waals surface area (Å²) in [5.41, 5.74) is 2.85. The van der Waals surface area contributed by atoms with Gasteiger partial charge in [0.25, 0.3) is 0 Å². The van der Waals surface area contributed by atoms with Crippen LogP contribution in [0.5, 0.6) is 0 Å². The maximum atomic E-state index is 4.21. The molecule has 0 unspecified atom stereocenters. The van der Waals surface area contributed by atoms with E-state index in [1.807, 2.05) is 74.5 Å². The number of benzene rings is 1. The van der Waals surface area contributed by atoms with Crippen molar-refractivity contribution in [2.24, 2.45) is 17.3 Å². The van der Waals surface area contributed by atoms with Crippen LogP contribution in [-0.2, 0) is 7.05 Å². The van der Waals surface area contributed by atoms with Gasteiger partial charge in [0.15, 0.2) is 12.4 Å². The van der Waals surface area contributed by atoms with Crippen molar-refractivity contribution in [1.29, 1.82) is 0 Å². The molecule has 0 N–H and O–H groups in total. The lowest BCUT2D eigenvalue weighted by Gasteiger charge is -2.11. The van der Waals surface area contributed by atoms with Gasteiger partial charge in [0.05, 0.1) is 5.69 Å². The van der Waals surface area contributed by atoms with E-state index >= 15 is 0 Å². The first-order valence-corrected chi connectivity index (χ1v) is 5.79. The van der Waals surface area contributed by atoms with Crippen molar-refractivity contribution < 1.29 is 4.57 Å². The zero-order chi connectivity index (χ0) is 13.0. The average Bonchev–Trinajstić information content (AvgIpc) is 2.37. The van der Waals surface area contributed by atoms with Gasteiger partial charge >= 0.3 is 0 Å². The van der Waals surface area contributed by atoms with E-state index < -0.39 is 0 Å². The third kappa shape index (κ3) is 3.13. The lowest BCUT2D eigenvalue weighted by Crippen LogP contribution is -2.25. The smallest absolute Gasteiger partial charge is 0.196 e. The molecule has 0 saturated heterocycles. The van der Waals surface area contributed by atoms with Crippen molar-refractivity contribution in [2.75, 3.05) is 19.0 Å². The van der Waals surface area contributed by atoms with Crippen molar-refractivity contribution in [2.45, 2.75) is 0 Å². The van der Waals surface area contributed by atoms with Crippen LogP contribution in [0, 0.1) is 0 Å². The minimum Gasteiger partial charge on any atom is -0.378 e. The predicted octanol–water partition coefficient (Wildman–Crippen LogP) is 2.99. The number of nitrogens with zero attached hydrogens (tertiary/aromatic N) is 4. The topological polar surface area (TPSA) is 31.8 Å². The van der Waals surface area contributed by atoms with Gasteiger partial charge in [0.2, 0.25) is 0 Å². The summed E-state index contributed by atoms with van der Waals surface area (Å²) in [6, 6.07) is 11.9. The summed E-state index contributed by atoms with van der Waals surface area (Å²) in [6.45, 7) is 0. The van der Waals surface area contributed by atoms with Crippen LogP contribution in [-0.4, -0.2) is 14.1 Å². The van der Waals surface area contributed by atoms with Gasteiger partial charge in [-0.2, -0.15) is 5.11 Å². The molecule has 92 valence electrons. The highest BCUT2D eigenvalue weighted by molar-refractivity contribution is 5.51. The molecular formula is C14H17N4+. The fourth-order valence-electron chi connectivity index (χ4n) is 1.56. The highest BCUT2D eigenvalue weighted by Crippen LogP contribution is 2.20. The fraction of sp³-hybridized carbons (Fsp3) is 0.214. The molecule has 0 spiro atoms. The molecule has 0 fully saturated rings. The molecule has 2 aromatic rings. The van der Waals surface area contributed by atoms with E-state index in [9.17, 15) is 0 Å². The first-order chi connectivity index (χ1) is 8.65. The SMILES string of the molecule is CN(C)c1ccc(N=Nc2ccc[n+](C)c2)cc1. The lowest BCUT2D eigenvalue weighted by atomic mass is 10.3. The lowest BCUT2D eigenvalue weighted by molar-refractivity contribution is -0.670. The van der Waals surface area contributed by atoms with E-state index in [1.54, 1.807) is 0 Å². The van der Waals surface area contributed by atoms with Crippen LogP contribution in [0.15, 0.2) is 59.0 Å². The number of anilines is 1. The Bertz CT molecular complexity index is 544. The van der Waals surface area contributed by atoms with Crippen molar-refractivity contribution in [1.82, 2.24) is 0 Å². The van der Waals surface area contributed by atoms with E-state index in [1.165, 1.54) is 0 Å². The molecule has 0 aliphatic heterocycles. The summed E-state index contributed by atoms with van der Waals surface area (Å²) >= 11 is 0. The number of azo groups is 1. The quantitative estimate of drug-likeness (QED) is 0.600. The number of rotatable bonds is 3. The Morgan fingerprint density at radius 2 is 1.61 bits per heavy atom. The van der Waals surface area contributed by atoms with E-state index in [4.69, 9.17) is 0 Å². The van der Waals surface area contributed by atoms with Gasteiger partial charge in [-0.1, -0.05) is 0 Å². The second kappa shape index (κ2) is 5.40. The monoisotopic (exact) mass is 241 g/mol. The molecular weight excluding hydrogens is 224 g/mol. The third-order valence-electron chi connectivity index (χ3n) is 2.57. The summed E-state index contributed by atoms with van der Waals surface area (Å²) in [5, 5.41) is 8.41. The Labute approximate surface area is 107 Å². The molecule has 0 bridgehead atoms. The van der Waals surface area contributed by atoms with Crippen LogP contribution in [0.4, 0.5) is 17.1 Å². The number of hydrogen-bond acceptors (Lipinski definition) is 3. The van der Waals surface area contributed by atoms with Gasteiger partial charge in [-0.25, -0.2) is 4.57 Å². The second-order valence-electron chi connectivity index (χ2n) is 4.34. The molecule has 1 aromatic heterocycles. The van der Waals surface area contributed by atoms with E-state index in [2.05, 4.69) is 15.1 Å². The average molecular weight is 241 g/mol. The number of aryl methyl sites for hydroxylation is 1. The van der Waals surface area contributed by atoms with Gasteiger partial charge in [-0.15, -0.1) is 5.11 Å². The number of pyridine rings is 1. The third-order valence-corrected chi connectivity index (χ3v) is 2.57. The van der Waals surface area contributed by atoms with Gasteiger partial charge in [-0.3, -0.25) is 0 Å². The molecule has 4 heteroatoms. The first kappa shape index (κ1) is 12.2. The highest BCUT2D eigenvalue weighted by Gasteiger charge is 1.97. The Hall–Kier alpha value is -2.23. The summed E-state index contributed by atoms with van der Waals surface area (Å²) < 4.78 is 1.95. The van der Waals surface area contributed by atoms with Crippen molar-refractivity contribution in [3.8, 4) is 0 Å². The Morgan fingerprint density at radius 1 is 0.944 bits per heavy atom. The molecule has 0 atom stereocenters. The maximum Gasteiger partial charge on any atom is 0.196 e. The number of hydrogen-bond donors (Lipinski definition) is 0. The molecule has 1 heterocycles. The Balaban J connectivity index is 2.14. The summed E-state index contributed by atoms with van der Waals surface area (Å²) in [7, 11) is 5.99. The zero-order valence-corrected chi connectivity index (χ0v) is 10.9. The van der Waals surface area contributed by atoms with Crippen LogP contribution in [0.25, 0.3) is 0 Å². The zero-order valence-electron chi connectivity index (χ0n) is 10.9. The largest absolute Gasteiger partial charge is 0.378 e. The second-order valence-corrected chi connectivity index (χ2v) is 4.34. The summed E-state index contributed by atoms with van der Waals surface area (Å²) in [5.74, 6) is 0. The fourth-order valence-corrected chi connectivity index (χ4v) is 1.56. The van der Waals surface area contributed by atoms with Crippen molar-refractivity contribution in [3.05, 3.63) is 48.8 Å². The minimum atomic E-state index is 0.844. The van der Waals surface area contributed by atoms with Crippen molar-refractivity contribution in [3.63, 3.8) is 0 Å². The number of aromatic nitrogens is 1. The van der Waals surface area contributed by atoms with E-state index in [0.717, 1.165) is 17.1 Å². The van der Waals surface area contributed by atoms with Crippen LogP contribution in [0.1, 0.15) is 0 Å². The Kier molecular flexibility index (Phi) is 3.67. The molecule has 0 saturated carbocycles. The molecule has 2 rings (SSSR count). The summed E-state index contributed by atoms with van der Waals surface area (Å²) in [4.78, 5) is 2.05. The first-order valence-electron chi connectivity index (χ1n) is 5.79. The minimum absolute atomic E-state index is 0.844. The van der Waals surface area contributed by atoms with Crippen LogP contribution >= 0.6 is 0 Å². The molecule has 0 aliphatic carbocycles. The predicted molar refractivity (Wildman–Crippen MR) is 72.6 cm³/mol. The normalized spacial score (nSPS) is 10.8. The molecule has 0 amide bonds. The van der Waals surface area contributed by atoms with Crippen LogP contribution < -0.4 is 9.47 Å². The van der Waals surface area contributed by atoms with E-state index in [0.29, 0.717) is 0 Å². The van der Waals surface area contributed by atoms with Gasteiger partial charge in [0, 0.05) is 25.8 Å². The highest BCUT2D eigenvalue weighted by atomic mass is 15.1. The van der Waals surface area contributed by atoms with Crippen LogP contribution in [0.3, 0.4) is 0 Å². The van der Waals surface area contributed by atoms with Gasteiger partial charge in [-0.05, 0) is 30.3 Å². The van der Waals surface area contributed by atoms with Crippen molar-refractivity contribution >= 4 is 17.1 Å². The van der Waals surface area contributed by atoms with E-state index in [-0.39, 0.29) is 0 Å². The molecule has 0 aliphatic rings. The molecule has 1 aromatic carbocycles. The summed E-state index contributed by atoms with van der Waals surface area (Å²) in [6.07, 6.45) is 3.89. The maximum absolute atomic E-state index is 4.21. The standard InChI is InChI=1S/C14H17N4/c1-17(2)14-8-6-12(7-9-14)15-16-13-5-4-10-18(3)11-13/h4-11H,1-3H3/q+1. The molecule has 4 nitrogen and oxygen atoms in total. The Morgan fingerprint density at radius 3 is 2.22 bits per heavy atom. The van der Waals surface area contributed by atoms with Gasteiger partial charge in [0.1, 0.15) is 12.7 Å².